The first-order chi connectivity index (χ1) is 9.79. The number of carbonyl (C=O) groups excluding carboxylic acids is 1. The standard InChI is InChI=1S/C7H14N2O6.C2H5NO3/c8-4(1-2-10)7(13)15-3-5(9-14)6(11)12;4-2(5)1-3-6/h4-5,9-10,14H,1-3,8H2,(H,11,12);3,6H,1H2,(H,4,5)/t4-,5-;/m0./s1. The summed E-state index contributed by atoms with van der Waals surface area (Å²) in [7, 11) is 0. The molecule has 0 aromatic carbocycles. The van der Waals surface area contributed by atoms with Gasteiger partial charge in [-0.3, -0.25) is 14.4 Å². The molecule has 0 aromatic rings. The monoisotopic (exact) mass is 313 g/mol. The van der Waals surface area contributed by atoms with Gasteiger partial charge in [-0.25, -0.2) is 0 Å². The third-order valence-corrected chi connectivity index (χ3v) is 1.82. The Bertz CT molecular complexity index is 326. The summed E-state index contributed by atoms with van der Waals surface area (Å²) in [5, 5.41) is 40.6. The van der Waals surface area contributed by atoms with Gasteiger partial charge in [0.25, 0.3) is 0 Å². The number of rotatable bonds is 9. The molecule has 9 N–H and O–H groups in total. The second-order valence-corrected chi connectivity index (χ2v) is 3.50. The Morgan fingerprint density at radius 1 is 1.19 bits per heavy atom. The number of esters is 1. The number of aliphatic hydroxyl groups excluding tert-OH is 1. The van der Waals surface area contributed by atoms with Crippen molar-refractivity contribution in [1.82, 2.24) is 11.0 Å². The molecule has 21 heavy (non-hydrogen) atoms. The highest BCUT2D eigenvalue weighted by Crippen LogP contribution is 1.93. The van der Waals surface area contributed by atoms with Gasteiger partial charge in [0.05, 0.1) is 0 Å². The summed E-state index contributed by atoms with van der Waals surface area (Å²) in [4.78, 5) is 30.7. The molecule has 124 valence electrons. The lowest BCUT2D eigenvalue weighted by atomic mass is 10.2. The van der Waals surface area contributed by atoms with Crippen molar-refractivity contribution < 1.29 is 44.9 Å². The van der Waals surface area contributed by atoms with E-state index in [2.05, 4.69) is 4.74 Å². The molecule has 12 heteroatoms. The lowest BCUT2D eigenvalue weighted by molar-refractivity contribution is -0.152. The van der Waals surface area contributed by atoms with Gasteiger partial charge in [-0.05, 0) is 6.42 Å². The van der Waals surface area contributed by atoms with Crippen LogP contribution in [0.15, 0.2) is 0 Å². The maximum atomic E-state index is 11.0. The second kappa shape index (κ2) is 13.2. The lowest BCUT2D eigenvalue weighted by Crippen LogP contribution is -2.41. The van der Waals surface area contributed by atoms with Crippen LogP contribution >= 0.6 is 0 Å². The summed E-state index contributed by atoms with van der Waals surface area (Å²) in [5.74, 6) is -3.26. The van der Waals surface area contributed by atoms with Crippen molar-refractivity contribution in [3.63, 3.8) is 0 Å². The maximum Gasteiger partial charge on any atom is 0.326 e. The van der Waals surface area contributed by atoms with Crippen molar-refractivity contribution in [2.24, 2.45) is 5.73 Å². The first kappa shape index (κ1) is 21.5. The summed E-state index contributed by atoms with van der Waals surface area (Å²) >= 11 is 0. The largest absolute Gasteiger partial charge is 0.480 e. The zero-order valence-corrected chi connectivity index (χ0v) is 10.9. The molecule has 0 aromatic heterocycles. The van der Waals surface area contributed by atoms with Crippen LogP contribution < -0.4 is 16.7 Å². The SMILES string of the molecule is N[C@@H](CCO)C(=O)OC[C@H](NO)C(=O)O.O=C(O)CNO. The Kier molecular flexibility index (Phi) is 13.5. The number of carbonyl (C=O) groups is 3. The van der Waals surface area contributed by atoms with E-state index in [0.29, 0.717) is 0 Å². The lowest BCUT2D eigenvalue weighted by Gasteiger charge is -2.13. The van der Waals surface area contributed by atoms with Crippen molar-refractivity contribution in [2.45, 2.75) is 18.5 Å². The maximum absolute atomic E-state index is 11.0. The van der Waals surface area contributed by atoms with E-state index < -0.39 is 43.1 Å². The van der Waals surface area contributed by atoms with E-state index in [1.165, 1.54) is 11.0 Å². The Morgan fingerprint density at radius 2 is 1.76 bits per heavy atom. The Morgan fingerprint density at radius 3 is 2.05 bits per heavy atom. The first-order valence-electron chi connectivity index (χ1n) is 5.54. The van der Waals surface area contributed by atoms with E-state index >= 15 is 0 Å². The molecule has 0 amide bonds. The summed E-state index contributed by atoms with van der Waals surface area (Å²) < 4.78 is 4.49. The number of hydrogen-bond donors (Lipinski definition) is 8. The van der Waals surface area contributed by atoms with Crippen molar-refractivity contribution in [1.29, 1.82) is 0 Å². The van der Waals surface area contributed by atoms with Crippen molar-refractivity contribution in [3.05, 3.63) is 0 Å². The molecule has 0 unspecified atom stereocenters. The Labute approximate surface area is 119 Å². The fourth-order valence-corrected chi connectivity index (χ4v) is 0.761. The van der Waals surface area contributed by atoms with Gasteiger partial charge in [0, 0.05) is 6.61 Å². The number of carboxylic acid groups (broad SMARTS) is 2. The Hall–Kier alpha value is -1.83. The molecule has 0 saturated carbocycles. The summed E-state index contributed by atoms with van der Waals surface area (Å²) in [6.45, 7) is -1.21. The van der Waals surface area contributed by atoms with Crippen LogP contribution in [0.2, 0.25) is 0 Å². The van der Waals surface area contributed by atoms with Gasteiger partial charge in [-0.15, -0.1) is 0 Å². The molecule has 0 radical (unpaired) electrons. The fourth-order valence-electron chi connectivity index (χ4n) is 0.761. The molecule has 0 rings (SSSR count). The van der Waals surface area contributed by atoms with Crippen LogP contribution in [0.25, 0.3) is 0 Å². The van der Waals surface area contributed by atoms with Crippen LogP contribution in [0.4, 0.5) is 0 Å². The van der Waals surface area contributed by atoms with E-state index in [4.69, 9.17) is 31.5 Å². The highest BCUT2D eigenvalue weighted by Gasteiger charge is 2.21. The zero-order valence-electron chi connectivity index (χ0n) is 10.9. The second-order valence-electron chi connectivity index (χ2n) is 3.50. The number of ether oxygens (including phenoxy) is 1. The van der Waals surface area contributed by atoms with Crippen molar-refractivity contribution in [3.8, 4) is 0 Å². The molecule has 0 bridgehead atoms. The van der Waals surface area contributed by atoms with Crippen LogP contribution in [-0.4, -0.2) is 75.5 Å². The zero-order chi connectivity index (χ0) is 16.8. The molecule has 12 nitrogen and oxygen atoms in total. The third-order valence-electron chi connectivity index (χ3n) is 1.82. The van der Waals surface area contributed by atoms with E-state index in [-0.39, 0.29) is 13.0 Å². The molecule has 2 atom stereocenters. The molecular weight excluding hydrogens is 294 g/mol. The summed E-state index contributed by atoms with van der Waals surface area (Å²) in [6.07, 6.45) is 0.0309. The van der Waals surface area contributed by atoms with E-state index in [9.17, 15) is 14.4 Å². The predicted octanol–water partition coefficient (Wildman–Crippen LogP) is -3.28. The fraction of sp³-hybridized carbons (Fsp3) is 0.667. The summed E-state index contributed by atoms with van der Waals surface area (Å²) in [5.41, 5.74) is 8.20. The van der Waals surface area contributed by atoms with Gasteiger partial charge in [-0.1, -0.05) is 0 Å². The smallest absolute Gasteiger partial charge is 0.326 e. The van der Waals surface area contributed by atoms with E-state index in [1.54, 1.807) is 0 Å². The van der Waals surface area contributed by atoms with Crippen LogP contribution in [0.1, 0.15) is 6.42 Å². The van der Waals surface area contributed by atoms with Crippen LogP contribution in [0, 0.1) is 0 Å². The van der Waals surface area contributed by atoms with E-state index in [1.807, 2.05) is 0 Å². The molecule has 0 heterocycles. The van der Waals surface area contributed by atoms with Crippen LogP contribution in [0.3, 0.4) is 0 Å². The van der Waals surface area contributed by atoms with Gasteiger partial charge in [0.15, 0.2) is 6.04 Å². The van der Waals surface area contributed by atoms with Crippen molar-refractivity contribution >= 4 is 17.9 Å². The van der Waals surface area contributed by atoms with Crippen LogP contribution in [-0.2, 0) is 19.1 Å². The molecular formula is C9H19N3O9. The minimum Gasteiger partial charge on any atom is -0.480 e. The van der Waals surface area contributed by atoms with E-state index in [0.717, 1.165) is 0 Å². The van der Waals surface area contributed by atoms with Crippen LogP contribution in [0.5, 0.6) is 0 Å². The normalized spacial score (nSPS) is 12.6. The predicted molar refractivity (Wildman–Crippen MR) is 64.4 cm³/mol. The molecule has 0 aliphatic rings. The van der Waals surface area contributed by atoms with Gasteiger partial charge >= 0.3 is 17.9 Å². The number of carboxylic acids is 2. The minimum absolute atomic E-state index is 0.0309. The quantitative estimate of drug-likeness (QED) is 0.155. The number of nitrogens with two attached hydrogens (primary N) is 1. The van der Waals surface area contributed by atoms with Gasteiger partial charge in [0.2, 0.25) is 0 Å². The number of nitrogens with one attached hydrogen (secondary N) is 2. The third kappa shape index (κ3) is 12.9. The molecule has 0 aliphatic heterocycles. The average Bonchev–Trinajstić information content (AvgIpc) is 2.39. The Balaban J connectivity index is 0. The minimum atomic E-state index is -1.39. The van der Waals surface area contributed by atoms with Crippen molar-refractivity contribution in [2.75, 3.05) is 19.8 Å². The van der Waals surface area contributed by atoms with Gasteiger partial charge < -0.3 is 36.2 Å². The number of aliphatic carboxylic acids is 2. The summed E-state index contributed by atoms with van der Waals surface area (Å²) in [6, 6.07) is -2.39. The molecule has 0 aliphatic carbocycles. The van der Waals surface area contributed by atoms with Gasteiger partial charge in [0.1, 0.15) is 19.2 Å². The highest BCUT2D eigenvalue weighted by atomic mass is 16.5. The highest BCUT2D eigenvalue weighted by molar-refractivity contribution is 5.77. The molecule has 0 fully saturated rings. The number of hydroxylamine groups is 2. The average molecular weight is 313 g/mol. The molecule has 0 saturated heterocycles. The van der Waals surface area contributed by atoms with Gasteiger partial charge in [-0.2, -0.15) is 11.0 Å². The first-order valence-corrected chi connectivity index (χ1v) is 5.54. The number of aliphatic hydroxyl groups is 1. The molecule has 0 spiro atoms. The topological polar surface area (TPSA) is 212 Å². The number of hydrogen-bond acceptors (Lipinski definition) is 10.